The highest BCUT2D eigenvalue weighted by Crippen LogP contribution is 2.30. The molecular formula is C20H17F2N3O3. The fourth-order valence-corrected chi connectivity index (χ4v) is 2.49. The lowest BCUT2D eigenvalue weighted by Gasteiger charge is -2.11. The second-order valence-corrected chi connectivity index (χ2v) is 5.70. The summed E-state index contributed by atoms with van der Waals surface area (Å²) >= 11 is 0. The number of hydrogen-bond acceptors (Lipinski definition) is 5. The van der Waals surface area contributed by atoms with Gasteiger partial charge in [0.25, 0.3) is 5.91 Å². The molecule has 8 heteroatoms. The van der Waals surface area contributed by atoms with E-state index in [2.05, 4.69) is 15.6 Å². The quantitative estimate of drug-likeness (QED) is 0.659. The van der Waals surface area contributed by atoms with Crippen molar-refractivity contribution in [1.29, 1.82) is 0 Å². The predicted molar refractivity (Wildman–Crippen MR) is 101 cm³/mol. The summed E-state index contributed by atoms with van der Waals surface area (Å²) in [5.41, 5.74) is 0.861. The summed E-state index contributed by atoms with van der Waals surface area (Å²) < 4.78 is 37.2. The van der Waals surface area contributed by atoms with Gasteiger partial charge in [0.05, 0.1) is 19.9 Å². The molecule has 3 rings (SSSR count). The Morgan fingerprint density at radius 1 is 0.964 bits per heavy atom. The number of halogens is 2. The lowest BCUT2D eigenvalue weighted by Crippen LogP contribution is -2.12. The van der Waals surface area contributed by atoms with Gasteiger partial charge < -0.3 is 20.1 Å². The van der Waals surface area contributed by atoms with Gasteiger partial charge in [0, 0.05) is 29.6 Å². The Kier molecular flexibility index (Phi) is 5.69. The summed E-state index contributed by atoms with van der Waals surface area (Å²) in [4.78, 5) is 16.6. The second-order valence-electron chi connectivity index (χ2n) is 5.70. The lowest BCUT2D eigenvalue weighted by molar-refractivity contribution is 0.102. The number of aromatic nitrogens is 1. The zero-order valence-corrected chi connectivity index (χ0v) is 15.1. The molecule has 2 N–H and O–H groups in total. The lowest BCUT2D eigenvalue weighted by atomic mass is 10.2. The normalized spacial score (nSPS) is 10.3. The third-order valence-corrected chi connectivity index (χ3v) is 3.86. The Bertz CT molecular complexity index is 1010. The van der Waals surface area contributed by atoms with Crippen LogP contribution in [0.5, 0.6) is 11.5 Å². The minimum atomic E-state index is -0.762. The molecule has 0 bridgehead atoms. The topological polar surface area (TPSA) is 72.5 Å². The minimum Gasteiger partial charge on any atom is -0.493 e. The number of benzene rings is 2. The highest BCUT2D eigenvalue weighted by atomic mass is 19.1. The van der Waals surface area contributed by atoms with Gasteiger partial charge in [-0.05, 0) is 36.4 Å². The zero-order chi connectivity index (χ0) is 20.1. The number of pyridine rings is 1. The maximum absolute atomic E-state index is 13.8. The Morgan fingerprint density at radius 2 is 1.75 bits per heavy atom. The molecule has 3 aromatic rings. The standard InChI is InChI=1S/C20H17F2N3O3/c1-27-17-6-4-14(11-18(17)28-2)24-20(26)12-7-8-23-19(9-12)25-16-5-3-13(21)10-15(16)22/h3-11H,1-2H3,(H,23,25)(H,24,26). The Hall–Kier alpha value is -3.68. The third kappa shape index (κ3) is 4.35. The van der Waals surface area contributed by atoms with Crippen molar-refractivity contribution >= 4 is 23.1 Å². The molecule has 0 spiro atoms. The van der Waals surface area contributed by atoms with E-state index in [9.17, 15) is 13.6 Å². The summed E-state index contributed by atoms with van der Waals surface area (Å²) in [7, 11) is 3.02. The maximum atomic E-state index is 13.8. The van der Waals surface area contributed by atoms with Crippen molar-refractivity contribution < 1.29 is 23.0 Å². The first kappa shape index (κ1) is 19.1. The van der Waals surface area contributed by atoms with Crippen LogP contribution in [0.4, 0.5) is 26.0 Å². The zero-order valence-electron chi connectivity index (χ0n) is 15.1. The van der Waals surface area contributed by atoms with Crippen LogP contribution < -0.4 is 20.1 Å². The fourth-order valence-electron chi connectivity index (χ4n) is 2.49. The van der Waals surface area contributed by atoms with Crippen LogP contribution in [0, 0.1) is 11.6 Å². The molecule has 144 valence electrons. The number of hydrogen-bond donors (Lipinski definition) is 2. The third-order valence-electron chi connectivity index (χ3n) is 3.86. The molecule has 0 aliphatic carbocycles. The van der Waals surface area contributed by atoms with Crippen LogP contribution in [-0.4, -0.2) is 25.1 Å². The smallest absolute Gasteiger partial charge is 0.255 e. The molecule has 2 aromatic carbocycles. The van der Waals surface area contributed by atoms with Crippen LogP contribution in [-0.2, 0) is 0 Å². The maximum Gasteiger partial charge on any atom is 0.255 e. The van der Waals surface area contributed by atoms with Crippen LogP contribution in [0.25, 0.3) is 0 Å². The van der Waals surface area contributed by atoms with E-state index >= 15 is 0 Å². The number of rotatable bonds is 6. The molecular weight excluding hydrogens is 368 g/mol. The number of methoxy groups -OCH3 is 2. The number of nitrogens with zero attached hydrogens (tertiary/aromatic N) is 1. The summed E-state index contributed by atoms with van der Waals surface area (Å²) in [5.74, 6) is -0.579. The van der Waals surface area contributed by atoms with Crippen molar-refractivity contribution in [2.45, 2.75) is 0 Å². The average molecular weight is 385 g/mol. The number of nitrogens with one attached hydrogen (secondary N) is 2. The highest BCUT2D eigenvalue weighted by molar-refractivity contribution is 6.04. The van der Waals surface area contributed by atoms with E-state index in [0.717, 1.165) is 12.1 Å². The van der Waals surface area contributed by atoms with E-state index < -0.39 is 17.5 Å². The molecule has 1 aromatic heterocycles. The minimum absolute atomic E-state index is 0.0475. The van der Waals surface area contributed by atoms with Crippen molar-refractivity contribution in [3.8, 4) is 11.5 Å². The summed E-state index contributed by atoms with van der Waals surface area (Å²) in [6.07, 6.45) is 1.41. The second kappa shape index (κ2) is 8.34. The SMILES string of the molecule is COc1ccc(NC(=O)c2ccnc(Nc3ccc(F)cc3F)c2)cc1OC. The van der Waals surface area contributed by atoms with Gasteiger partial charge in [-0.25, -0.2) is 13.8 Å². The van der Waals surface area contributed by atoms with Crippen LogP contribution in [0.3, 0.4) is 0 Å². The Labute approximate surface area is 160 Å². The first-order valence-corrected chi connectivity index (χ1v) is 8.21. The van der Waals surface area contributed by atoms with Crippen LogP contribution in [0.1, 0.15) is 10.4 Å². The van der Waals surface area contributed by atoms with Gasteiger partial charge in [-0.3, -0.25) is 4.79 Å². The molecule has 1 heterocycles. The van der Waals surface area contributed by atoms with E-state index in [4.69, 9.17) is 9.47 Å². The summed E-state index contributed by atoms with van der Waals surface area (Å²) in [5, 5.41) is 5.46. The van der Waals surface area contributed by atoms with Crippen LogP contribution in [0.15, 0.2) is 54.7 Å². The molecule has 1 amide bonds. The first-order chi connectivity index (χ1) is 13.5. The Morgan fingerprint density at radius 3 is 2.46 bits per heavy atom. The molecule has 0 aliphatic heterocycles. The van der Waals surface area contributed by atoms with Crippen molar-refractivity contribution in [2.24, 2.45) is 0 Å². The summed E-state index contributed by atoms with van der Waals surface area (Å²) in [6.45, 7) is 0. The van der Waals surface area contributed by atoms with Crippen molar-refractivity contribution in [2.75, 3.05) is 24.9 Å². The molecule has 28 heavy (non-hydrogen) atoms. The van der Waals surface area contributed by atoms with Gasteiger partial charge in [0.2, 0.25) is 0 Å². The molecule has 0 saturated heterocycles. The molecule has 0 atom stereocenters. The molecule has 0 unspecified atom stereocenters. The van der Waals surface area contributed by atoms with Crippen molar-refractivity contribution in [1.82, 2.24) is 4.98 Å². The number of carbonyl (C=O) groups is 1. The van der Waals surface area contributed by atoms with E-state index in [0.29, 0.717) is 22.7 Å². The Balaban J connectivity index is 1.77. The molecule has 0 saturated carbocycles. The van der Waals surface area contributed by atoms with Gasteiger partial charge in [0.15, 0.2) is 11.5 Å². The van der Waals surface area contributed by atoms with E-state index in [1.54, 1.807) is 18.2 Å². The average Bonchev–Trinajstić information content (AvgIpc) is 2.70. The van der Waals surface area contributed by atoms with Gasteiger partial charge in [0.1, 0.15) is 17.5 Å². The fraction of sp³-hybridized carbons (Fsp3) is 0.100. The first-order valence-electron chi connectivity index (χ1n) is 8.21. The van der Waals surface area contributed by atoms with Crippen LogP contribution in [0.2, 0.25) is 0 Å². The predicted octanol–water partition coefficient (Wildman–Crippen LogP) is 4.37. The molecule has 0 aliphatic rings. The monoisotopic (exact) mass is 385 g/mol. The molecule has 6 nitrogen and oxygen atoms in total. The highest BCUT2D eigenvalue weighted by Gasteiger charge is 2.11. The van der Waals surface area contributed by atoms with E-state index in [1.807, 2.05) is 0 Å². The summed E-state index contributed by atoms with van der Waals surface area (Å²) in [6, 6.07) is 11.1. The molecule has 0 fully saturated rings. The number of amides is 1. The molecule has 0 radical (unpaired) electrons. The largest absolute Gasteiger partial charge is 0.493 e. The van der Waals surface area contributed by atoms with E-state index in [-0.39, 0.29) is 11.5 Å². The van der Waals surface area contributed by atoms with Crippen molar-refractivity contribution in [3.05, 3.63) is 71.9 Å². The van der Waals surface area contributed by atoms with Crippen LogP contribution >= 0.6 is 0 Å². The van der Waals surface area contributed by atoms with Gasteiger partial charge >= 0.3 is 0 Å². The number of carbonyl (C=O) groups excluding carboxylic acids is 1. The van der Waals surface area contributed by atoms with Crippen molar-refractivity contribution in [3.63, 3.8) is 0 Å². The van der Waals surface area contributed by atoms with Gasteiger partial charge in [-0.1, -0.05) is 0 Å². The number of ether oxygens (including phenoxy) is 2. The van der Waals surface area contributed by atoms with E-state index in [1.165, 1.54) is 38.6 Å². The van der Waals surface area contributed by atoms with Gasteiger partial charge in [-0.15, -0.1) is 0 Å². The van der Waals surface area contributed by atoms with Gasteiger partial charge in [-0.2, -0.15) is 0 Å². The number of anilines is 3.